The molecule has 4 aromatic carbocycles. The van der Waals surface area contributed by atoms with Crippen molar-refractivity contribution in [3.8, 4) is 0 Å². The Morgan fingerprint density at radius 2 is 1.05 bits per heavy atom. The molecule has 4 amide bonds. The van der Waals surface area contributed by atoms with Gasteiger partial charge in [-0.25, -0.2) is 8.78 Å². The Morgan fingerprint density at radius 3 is 1.44 bits per heavy atom. The molecule has 0 aliphatic carbocycles. The van der Waals surface area contributed by atoms with E-state index in [0.717, 1.165) is 0 Å². The molecule has 0 spiro atoms. The molecule has 0 atom stereocenters. The van der Waals surface area contributed by atoms with Gasteiger partial charge in [-0.3, -0.25) is 34.0 Å². The highest BCUT2D eigenvalue weighted by Gasteiger charge is 2.28. The molecule has 13 nitrogen and oxygen atoms in total. The number of hydrogen-bond acceptors (Lipinski definition) is 8. The summed E-state index contributed by atoms with van der Waals surface area (Å²) < 4.78 is 28.8. The molecule has 0 fully saturated rings. The molecular weight excluding hydrogens is 833 g/mol. The van der Waals surface area contributed by atoms with Crippen molar-refractivity contribution in [3.63, 3.8) is 0 Å². The van der Waals surface area contributed by atoms with Crippen LogP contribution in [0.4, 0.5) is 20.2 Å². The third kappa shape index (κ3) is 12.8. The Balaban J connectivity index is 0.000000264. The molecule has 6 rings (SSSR count). The van der Waals surface area contributed by atoms with E-state index in [9.17, 15) is 37.5 Å². The Hall–Kier alpha value is -6.32. The highest BCUT2D eigenvalue weighted by molar-refractivity contribution is 6.32. The second-order valence-corrected chi connectivity index (χ2v) is 14.4. The van der Waals surface area contributed by atoms with Crippen molar-refractivity contribution >= 4 is 81.4 Å². The number of carboxylic acids is 1. The lowest BCUT2D eigenvalue weighted by Gasteiger charge is -2.23. The maximum atomic E-state index is 14.4. The zero-order valence-electron chi connectivity index (χ0n) is 32.4. The molecule has 17 heteroatoms. The van der Waals surface area contributed by atoms with Crippen LogP contribution >= 0.6 is 23.2 Å². The van der Waals surface area contributed by atoms with Gasteiger partial charge in [0.1, 0.15) is 30.5 Å². The van der Waals surface area contributed by atoms with Gasteiger partial charge in [0.15, 0.2) is 0 Å². The lowest BCUT2D eigenvalue weighted by molar-refractivity contribution is -0.138. The smallest absolute Gasteiger partial charge is 0.303 e. The van der Waals surface area contributed by atoms with Gasteiger partial charge in [-0.05, 0) is 67.6 Å². The number of carbonyl (C=O) groups is 6. The van der Waals surface area contributed by atoms with Crippen molar-refractivity contribution in [2.75, 3.05) is 49.1 Å². The maximum Gasteiger partial charge on any atom is 0.303 e. The first-order chi connectivity index (χ1) is 28.7. The van der Waals surface area contributed by atoms with Crippen molar-refractivity contribution < 1.29 is 42.7 Å². The number of nitrogens with one attached hydrogen (secondary N) is 2. The quantitative estimate of drug-likeness (QED) is 0.131. The summed E-state index contributed by atoms with van der Waals surface area (Å²) in [4.78, 5) is 82.3. The highest BCUT2D eigenvalue weighted by Crippen LogP contribution is 2.32. The summed E-state index contributed by atoms with van der Waals surface area (Å²) in [6.07, 6.45) is -0.128. The predicted molar refractivity (Wildman–Crippen MR) is 231 cm³/mol. The zero-order chi connectivity index (χ0) is 43.3. The molecule has 0 saturated heterocycles. The first kappa shape index (κ1) is 47.4. The van der Waals surface area contributed by atoms with Gasteiger partial charge in [-0.1, -0.05) is 54.9 Å². The van der Waals surface area contributed by atoms with E-state index in [0.29, 0.717) is 44.0 Å². The van der Waals surface area contributed by atoms with E-state index in [1.54, 1.807) is 72.8 Å². The Kier molecular flexibility index (Phi) is 17.3. The van der Waals surface area contributed by atoms with E-state index in [1.807, 2.05) is 0 Å². The number of halogens is 4. The van der Waals surface area contributed by atoms with Gasteiger partial charge >= 0.3 is 5.97 Å². The summed E-state index contributed by atoms with van der Waals surface area (Å²) in [6, 6.07) is 22.3. The lowest BCUT2D eigenvalue weighted by atomic mass is 9.99. The number of aliphatic carboxylic acids is 1. The van der Waals surface area contributed by atoms with Gasteiger partial charge in [-0.15, -0.1) is 0 Å². The topological polar surface area (TPSA) is 178 Å². The second-order valence-electron chi connectivity index (χ2n) is 13.5. The second kappa shape index (κ2) is 22.3. The van der Waals surface area contributed by atoms with E-state index in [-0.39, 0.29) is 107 Å². The summed E-state index contributed by atoms with van der Waals surface area (Å²) in [5.74, 6) is -3.29. The number of fused-ring (bicyclic) bond motifs is 2. The summed E-state index contributed by atoms with van der Waals surface area (Å²) in [6.45, 7) is 1.77. The first-order valence-corrected chi connectivity index (χ1v) is 19.5. The van der Waals surface area contributed by atoms with Gasteiger partial charge in [0.05, 0.1) is 29.2 Å². The molecule has 0 saturated carbocycles. The predicted octanol–water partition coefficient (Wildman–Crippen LogP) is 6.43. The number of amides is 4. The highest BCUT2D eigenvalue weighted by atomic mass is 35.5. The summed E-state index contributed by atoms with van der Waals surface area (Å²) >= 11 is 12.3. The van der Waals surface area contributed by atoms with Gasteiger partial charge in [0.25, 0.3) is 0 Å². The molecule has 4 aromatic rings. The van der Waals surface area contributed by atoms with E-state index < -0.39 is 23.5 Å². The van der Waals surface area contributed by atoms with E-state index in [1.165, 1.54) is 28.9 Å². The van der Waals surface area contributed by atoms with Crippen molar-refractivity contribution in [3.05, 3.63) is 129 Å². The summed E-state index contributed by atoms with van der Waals surface area (Å²) in [7, 11) is 0. The van der Waals surface area contributed by atoms with Gasteiger partial charge in [0.2, 0.25) is 23.6 Å². The molecule has 0 aromatic heterocycles. The summed E-state index contributed by atoms with van der Waals surface area (Å²) in [5, 5.41) is 14.8. The number of ketones is 1. The van der Waals surface area contributed by atoms with Crippen LogP contribution in [0.25, 0.3) is 0 Å². The number of carboxylic acid groups (broad SMARTS) is 1. The van der Waals surface area contributed by atoms with Crippen molar-refractivity contribution in [2.45, 2.75) is 40.0 Å². The van der Waals surface area contributed by atoms with Crippen LogP contribution in [0.5, 0.6) is 0 Å². The van der Waals surface area contributed by atoms with Gasteiger partial charge in [-0.2, -0.15) is 0 Å². The minimum Gasteiger partial charge on any atom is -0.481 e. The first-order valence-electron chi connectivity index (χ1n) is 18.8. The van der Waals surface area contributed by atoms with Crippen LogP contribution < -0.4 is 20.4 Å². The van der Waals surface area contributed by atoms with E-state index in [4.69, 9.17) is 28.3 Å². The van der Waals surface area contributed by atoms with Crippen LogP contribution in [0.3, 0.4) is 0 Å². The Labute approximate surface area is 361 Å². The number of aliphatic imine (C=N–C) groups is 2. The Morgan fingerprint density at radius 1 is 0.639 bits per heavy atom. The van der Waals surface area contributed by atoms with Crippen molar-refractivity contribution in [2.24, 2.45) is 9.98 Å². The minimum absolute atomic E-state index is 0. The molecule has 2 aliphatic rings. The van der Waals surface area contributed by atoms with Crippen LogP contribution in [-0.2, 0) is 28.8 Å². The largest absolute Gasteiger partial charge is 0.481 e. The van der Waals surface area contributed by atoms with Gasteiger partial charge in [0, 0.05) is 77.7 Å². The molecule has 2 heterocycles. The zero-order valence-corrected chi connectivity index (χ0v) is 33.9. The summed E-state index contributed by atoms with van der Waals surface area (Å²) in [5.41, 5.74) is 3.33. The van der Waals surface area contributed by atoms with E-state index in [2.05, 4.69) is 20.6 Å². The van der Waals surface area contributed by atoms with Gasteiger partial charge < -0.3 is 30.3 Å². The SMILES string of the molecule is C.CC(=O)CCC(=O)NCCN1C(=O)CN=C(c2ccccc2F)c2cc(Cl)ccc21.O=C(O)CCC(=O)NCCN1C(=O)CN=C(c2ccccc2F)c2cc(Cl)ccc21. The number of hydrogen-bond donors (Lipinski definition) is 3. The lowest BCUT2D eigenvalue weighted by Crippen LogP contribution is -2.39. The third-order valence-corrected chi connectivity index (χ3v) is 9.67. The number of benzene rings is 4. The average molecular weight is 878 g/mol. The molecule has 2 aliphatic heterocycles. The normalized spacial score (nSPS) is 13.1. The molecular formula is C44H44Cl2F2N6O7. The molecule has 0 bridgehead atoms. The Bertz CT molecular complexity index is 2210. The number of Topliss-reactive ketones (excluding diaryl/α,β-unsaturated/α-hetero) is 1. The molecule has 0 radical (unpaired) electrons. The maximum absolute atomic E-state index is 14.4. The monoisotopic (exact) mass is 876 g/mol. The standard InChI is InChI=1S/C22H21ClFN3O3.C21H19ClFN3O4.CH4/c1-14(28)6-9-20(29)25-10-11-27-19-8-7-15(23)12-17(19)22(26-13-21(27)30)16-4-2-3-5-18(16)24;22-13-5-6-17-15(11-13)21(14-3-1-2-4-16(14)23)25-12-19(28)26(17)10-9-24-18(27)7-8-20(29)30;/h2-5,7-8,12H,6,9-11,13H2,1H3,(H,25,29);1-6,11H,7-10,12H2,(H,24,27)(H,29,30);1H4. The number of nitrogens with zero attached hydrogens (tertiary/aromatic N) is 4. The third-order valence-electron chi connectivity index (χ3n) is 9.20. The molecule has 61 heavy (non-hydrogen) atoms. The molecule has 320 valence electrons. The fourth-order valence-electron chi connectivity index (χ4n) is 6.33. The van der Waals surface area contributed by atoms with Crippen LogP contribution in [-0.4, -0.2) is 91.2 Å². The average Bonchev–Trinajstić information content (AvgIpc) is 3.43. The number of benzodiazepines with no additional fused rings is 2. The number of carbonyl (C=O) groups excluding carboxylic acids is 5. The van der Waals surface area contributed by atoms with Crippen molar-refractivity contribution in [1.29, 1.82) is 0 Å². The molecule has 0 unspecified atom stereocenters. The van der Waals surface area contributed by atoms with Crippen molar-refractivity contribution in [1.82, 2.24) is 10.6 Å². The fourth-order valence-corrected chi connectivity index (χ4v) is 6.67. The molecule has 3 N–H and O–H groups in total. The number of rotatable bonds is 14. The van der Waals surface area contributed by atoms with Crippen LogP contribution in [0.2, 0.25) is 10.0 Å². The van der Waals surface area contributed by atoms with Crippen LogP contribution in [0, 0.1) is 11.6 Å². The van der Waals surface area contributed by atoms with Crippen LogP contribution in [0.15, 0.2) is 94.9 Å². The fraction of sp³-hybridized carbons (Fsp3) is 0.273. The van der Waals surface area contributed by atoms with E-state index >= 15 is 0 Å². The van der Waals surface area contributed by atoms with Crippen LogP contribution in [0.1, 0.15) is 62.3 Å². The number of anilines is 2. The minimum atomic E-state index is -1.06.